The number of ketones is 1. The lowest BCUT2D eigenvalue weighted by atomic mass is 10.0. The Bertz CT molecular complexity index is 884. The third-order valence-electron chi connectivity index (χ3n) is 4.99. The molecule has 0 bridgehead atoms. The molecule has 0 unspecified atom stereocenters. The zero-order valence-electron chi connectivity index (χ0n) is 17.2. The van der Waals surface area contributed by atoms with Gasteiger partial charge in [0.2, 0.25) is 0 Å². The van der Waals surface area contributed by atoms with Crippen LogP contribution in [0.3, 0.4) is 0 Å². The maximum absolute atomic E-state index is 13.0. The molecule has 0 aliphatic heterocycles. The van der Waals surface area contributed by atoms with Crippen LogP contribution in [-0.2, 0) is 11.3 Å². The van der Waals surface area contributed by atoms with Gasteiger partial charge in [0.1, 0.15) is 0 Å². The number of aromatic amines is 1. The minimum Gasteiger partial charge on any atom is -0.465 e. The molecule has 0 aliphatic carbocycles. The monoisotopic (exact) mass is 385 g/mol. The maximum Gasteiger partial charge on any atom is 0.339 e. The molecule has 1 heterocycles. The van der Waals surface area contributed by atoms with Gasteiger partial charge in [0.05, 0.1) is 24.4 Å². The number of nitrogens with one attached hydrogen (secondary N) is 2. The Morgan fingerprint density at radius 1 is 1.18 bits per heavy atom. The number of aromatic nitrogens is 1. The van der Waals surface area contributed by atoms with Gasteiger partial charge in [-0.05, 0) is 51.1 Å². The van der Waals surface area contributed by atoms with Crippen molar-refractivity contribution in [2.45, 2.75) is 33.4 Å². The Morgan fingerprint density at radius 2 is 1.79 bits per heavy atom. The molecule has 7 heteroatoms. The second-order valence-corrected chi connectivity index (χ2v) is 6.85. The first-order valence-electron chi connectivity index (χ1n) is 9.04. The Labute approximate surface area is 165 Å². The van der Waals surface area contributed by atoms with Gasteiger partial charge in [0.25, 0.3) is 5.91 Å². The molecule has 0 saturated carbocycles. The normalized spacial score (nSPS) is 12.0. The van der Waals surface area contributed by atoms with Gasteiger partial charge >= 0.3 is 5.97 Å². The Balaban J connectivity index is 2.15. The summed E-state index contributed by atoms with van der Waals surface area (Å²) in [6, 6.07) is 6.86. The van der Waals surface area contributed by atoms with E-state index in [9.17, 15) is 14.4 Å². The molecule has 0 aliphatic rings. The minimum atomic E-state index is -0.456. The van der Waals surface area contributed by atoms with Crippen LogP contribution in [0.4, 0.5) is 0 Å². The van der Waals surface area contributed by atoms with Crippen LogP contribution in [0.25, 0.3) is 0 Å². The summed E-state index contributed by atoms with van der Waals surface area (Å²) in [4.78, 5) is 41.5. The second kappa shape index (κ2) is 8.84. The third-order valence-corrected chi connectivity index (χ3v) is 4.99. The van der Waals surface area contributed by atoms with E-state index in [-0.39, 0.29) is 11.7 Å². The summed E-state index contributed by atoms with van der Waals surface area (Å²) in [5.41, 5.74) is 3.63. The van der Waals surface area contributed by atoms with E-state index >= 15 is 0 Å². The van der Waals surface area contributed by atoms with Gasteiger partial charge < -0.3 is 15.0 Å². The largest absolute Gasteiger partial charge is 0.465 e. The van der Waals surface area contributed by atoms with E-state index in [0.717, 1.165) is 5.56 Å². The molecule has 1 amide bonds. The van der Waals surface area contributed by atoms with E-state index in [1.54, 1.807) is 33.0 Å². The molecule has 1 aromatic carbocycles. The smallest absolute Gasteiger partial charge is 0.339 e. The molecule has 1 aromatic heterocycles. The number of hydrogen-bond acceptors (Lipinski definition) is 5. The van der Waals surface area contributed by atoms with E-state index in [4.69, 9.17) is 4.74 Å². The van der Waals surface area contributed by atoms with Crippen molar-refractivity contribution in [1.82, 2.24) is 15.2 Å². The molecule has 150 valence electrons. The van der Waals surface area contributed by atoms with Gasteiger partial charge in [0, 0.05) is 24.8 Å². The van der Waals surface area contributed by atoms with Crippen molar-refractivity contribution in [1.29, 1.82) is 0 Å². The first-order chi connectivity index (χ1) is 13.2. The summed E-state index contributed by atoms with van der Waals surface area (Å²) in [7, 11) is 4.77. The summed E-state index contributed by atoms with van der Waals surface area (Å²) >= 11 is 0. The number of Topliss-reactive ketones (excluding diaryl/α,β-unsaturated/α-hetero) is 1. The average molecular weight is 385 g/mol. The zero-order valence-corrected chi connectivity index (χ0v) is 17.2. The fraction of sp³-hybridized carbons (Fsp3) is 0.381. The van der Waals surface area contributed by atoms with Crippen LogP contribution < -0.4 is 5.32 Å². The van der Waals surface area contributed by atoms with Crippen molar-refractivity contribution in [3.05, 3.63) is 57.9 Å². The fourth-order valence-corrected chi connectivity index (χ4v) is 3.14. The summed E-state index contributed by atoms with van der Waals surface area (Å²) in [5, 5.41) is 2.59. The summed E-state index contributed by atoms with van der Waals surface area (Å²) in [6.07, 6.45) is 0. The number of rotatable bonds is 7. The maximum atomic E-state index is 13.0. The van der Waals surface area contributed by atoms with Crippen LogP contribution in [0.15, 0.2) is 24.3 Å². The highest BCUT2D eigenvalue weighted by Crippen LogP contribution is 2.21. The molecule has 0 spiro atoms. The van der Waals surface area contributed by atoms with Crippen molar-refractivity contribution in [3.63, 3.8) is 0 Å². The standard InChI is InChI=1S/C21H27N3O4/c1-12-17(21(27)28-6)13(2)23-18(12)19(25)14(3)24(5)11-15-7-9-16(10-8-15)20(26)22-4/h7-10,14,23H,11H2,1-6H3,(H,22,26)/t14-/m0/s1. The van der Waals surface area contributed by atoms with E-state index in [1.807, 2.05) is 31.0 Å². The predicted molar refractivity (Wildman–Crippen MR) is 107 cm³/mol. The molecule has 1 atom stereocenters. The topological polar surface area (TPSA) is 91.5 Å². The van der Waals surface area contributed by atoms with E-state index in [0.29, 0.717) is 34.6 Å². The van der Waals surface area contributed by atoms with Crippen molar-refractivity contribution < 1.29 is 19.1 Å². The lowest BCUT2D eigenvalue weighted by molar-refractivity contribution is 0.0599. The van der Waals surface area contributed by atoms with Crippen LogP contribution in [0, 0.1) is 13.8 Å². The summed E-state index contributed by atoms with van der Waals surface area (Å²) in [5.74, 6) is -0.690. The van der Waals surface area contributed by atoms with Crippen LogP contribution in [0.2, 0.25) is 0 Å². The van der Waals surface area contributed by atoms with Crippen LogP contribution in [-0.4, -0.2) is 54.8 Å². The molecular weight excluding hydrogens is 358 g/mol. The third kappa shape index (κ3) is 4.31. The quantitative estimate of drug-likeness (QED) is 0.564. The minimum absolute atomic E-state index is 0.0970. The molecule has 0 radical (unpaired) electrons. The number of methoxy groups -OCH3 is 1. The molecular formula is C21H27N3O4. The zero-order chi connectivity index (χ0) is 21.0. The predicted octanol–water partition coefficient (Wildman–Crippen LogP) is 2.48. The lowest BCUT2D eigenvalue weighted by Gasteiger charge is -2.23. The molecule has 0 saturated heterocycles. The number of aryl methyl sites for hydroxylation is 1. The number of likely N-dealkylation sites (N-methyl/N-ethyl adjacent to an activating group) is 1. The van der Waals surface area contributed by atoms with Gasteiger partial charge in [-0.25, -0.2) is 4.79 Å². The molecule has 2 rings (SSSR count). The van der Waals surface area contributed by atoms with Gasteiger partial charge in [-0.15, -0.1) is 0 Å². The van der Waals surface area contributed by atoms with Crippen molar-refractivity contribution >= 4 is 17.7 Å². The van der Waals surface area contributed by atoms with Crippen molar-refractivity contribution in [2.75, 3.05) is 21.2 Å². The molecule has 28 heavy (non-hydrogen) atoms. The number of H-pyrrole nitrogens is 1. The molecule has 2 aromatic rings. The Kier molecular flexibility index (Phi) is 6.75. The number of benzene rings is 1. The number of carbonyl (C=O) groups excluding carboxylic acids is 3. The average Bonchev–Trinajstić information content (AvgIpc) is 3.00. The first kappa shape index (κ1) is 21.4. The summed E-state index contributed by atoms with van der Waals surface area (Å²) in [6.45, 7) is 5.86. The number of carbonyl (C=O) groups is 3. The van der Waals surface area contributed by atoms with E-state index in [2.05, 4.69) is 10.3 Å². The Morgan fingerprint density at radius 3 is 2.32 bits per heavy atom. The fourth-order valence-electron chi connectivity index (χ4n) is 3.14. The number of amides is 1. The lowest BCUT2D eigenvalue weighted by Crippen LogP contribution is -2.36. The SMILES string of the molecule is CNC(=O)c1ccc(CN(C)[C@@H](C)C(=O)c2[nH]c(C)c(C(=O)OC)c2C)cc1. The first-order valence-corrected chi connectivity index (χ1v) is 9.04. The van der Waals surface area contributed by atoms with Gasteiger partial charge in [0.15, 0.2) is 5.78 Å². The van der Waals surface area contributed by atoms with Crippen LogP contribution >= 0.6 is 0 Å². The van der Waals surface area contributed by atoms with Gasteiger partial charge in [-0.3, -0.25) is 14.5 Å². The molecule has 2 N–H and O–H groups in total. The van der Waals surface area contributed by atoms with Gasteiger partial charge in [-0.1, -0.05) is 12.1 Å². The number of hydrogen-bond donors (Lipinski definition) is 2. The number of ether oxygens (including phenoxy) is 1. The van der Waals surface area contributed by atoms with Crippen LogP contribution in [0.5, 0.6) is 0 Å². The van der Waals surface area contributed by atoms with E-state index < -0.39 is 12.0 Å². The molecule has 7 nitrogen and oxygen atoms in total. The second-order valence-electron chi connectivity index (χ2n) is 6.85. The van der Waals surface area contributed by atoms with Crippen molar-refractivity contribution in [3.8, 4) is 0 Å². The van der Waals surface area contributed by atoms with Gasteiger partial charge in [-0.2, -0.15) is 0 Å². The number of esters is 1. The highest BCUT2D eigenvalue weighted by molar-refractivity contribution is 6.03. The molecule has 0 fully saturated rings. The Hall–Kier alpha value is -2.93. The highest BCUT2D eigenvalue weighted by atomic mass is 16.5. The highest BCUT2D eigenvalue weighted by Gasteiger charge is 2.27. The number of nitrogens with zero attached hydrogens (tertiary/aromatic N) is 1. The van der Waals surface area contributed by atoms with Crippen LogP contribution in [0.1, 0.15) is 54.9 Å². The van der Waals surface area contributed by atoms with Crippen molar-refractivity contribution in [2.24, 2.45) is 0 Å². The summed E-state index contributed by atoms with van der Waals surface area (Å²) < 4.78 is 4.80. The van der Waals surface area contributed by atoms with E-state index in [1.165, 1.54) is 7.11 Å².